The number of hydrogen-bond donors (Lipinski definition) is 0. The molecule has 1 aliphatic heterocycles. The van der Waals surface area contributed by atoms with Crippen LogP contribution in [0.2, 0.25) is 0 Å². The van der Waals surface area contributed by atoms with E-state index in [1.165, 1.54) is 24.2 Å². The van der Waals surface area contributed by atoms with Gasteiger partial charge in [-0.2, -0.15) is 0 Å². The minimum atomic E-state index is 0.248. The van der Waals surface area contributed by atoms with E-state index in [-0.39, 0.29) is 5.78 Å². The van der Waals surface area contributed by atoms with Crippen LogP contribution in [-0.4, -0.2) is 44.0 Å². The molecule has 3 nitrogen and oxygen atoms in total. The van der Waals surface area contributed by atoms with Crippen molar-refractivity contribution in [2.24, 2.45) is 5.92 Å². The Hall–Kier alpha value is -0.710. The van der Waals surface area contributed by atoms with Crippen molar-refractivity contribution >= 4 is 17.1 Å². The number of likely N-dealkylation sites (tertiary alicyclic amines) is 1. The average Bonchev–Trinajstić information content (AvgIpc) is 2.83. The summed E-state index contributed by atoms with van der Waals surface area (Å²) >= 11 is 1.53. The van der Waals surface area contributed by atoms with Crippen LogP contribution in [0.1, 0.15) is 22.5 Å². The third-order valence-corrected chi connectivity index (χ3v) is 4.08. The average molecular weight is 253 g/mol. The molecule has 2 rings (SSSR count). The molecule has 0 aromatic carbocycles. The summed E-state index contributed by atoms with van der Waals surface area (Å²) in [5.41, 5.74) is 0. The maximum atomic E-state index is 12.0. The lowest BCUT2D eigenvalue weighted by Crippen LogP contribution is -2.39. The molecule has 1 saturated heterocycles. The summed E-state index contributed by atoms with van der Waals surface area (Å²) in [5.74, 6) is 0.836. The molecule has 0 spiro atoms. The van der Waals surface area contributed by atoms with Gasteiger partial charge < -0.3 is 4.74 Å². The van der Waals surface area contributed by atoms with Gasteiger partial charge in [0.25, 0.3) is 0 Å². The van der Waals surface area contributed by atoms with E-state index < -0.39 is 0 Å². The van der Waals surface area contributed by atoms with Gasteiger partial charge in [0.15, 0.2) is 5.78 Å². The van der Waals surface area contributed by atoms with E-state index in [2.05, 4.69) is 4.90 Å². The maximum absolute atomic E-state index is 12.0. The molecule has 0 bridgehead atoms. The minimum Gasteiger partial charge on any atom is -0.384 e. The van der Waals surface area contributed by atoms with Gasteiger partial charge in [-0.3, -0.25) is 9.69 Å². The second-order valence-corrected chi connectivity index (χ2v) is 5.55. The molecule has 1 aromatic heterocycles. The van der Waals surface area contributed by atoms with Gasteiger partial charge in [-0.15, -0.1) is 11.3 Å². The Morgan fingerprint density at radius 1 is 1.65 bits per heavy atom. The fourth-order valence-corrected chi connectivity index (χ4v) is 3.04. The Kier molecular flexibility index (Phi) is 4.71. The summed E-state index contributed by atoms with van der Waals surface area (Å²) in [6.07, 6.45) is 2.39. The first-order valence-electron chi connectivity index (χ1n) is 6.07. The number of carbonyl (C=O) groups excluding carboxylic acids is 1. The van der Waals surface area contributed by atoms with Crippen molar-refractivity contribution in [2.45, 2.75) is 12.8 Å². The molecule has 17 heavy (non-hydrogen) atoms. The van der Waals surface area contributed by atoms with Crippen LogP contribution >= 0.6 is 11.3 Å². The smallest absolute Gasteiger partial charge is 0.186 e. The van der Waals surface area contributed by atoms with Crippen LogP contribution in [0.15, 0.2) is 17.5 Å². The van der Waals surface area contributed by atoms with Gasteiger partial charge in [0, 0.05) is 13.7 Å². The molecule has 94 valence electrons. The Morgan fingerprint density at radius 2 is 2.53 bits per heavy atom. The van der Waals surface area contributed by atoms with Crippen molar-refractivity contribution in [3.63, 3.8) is 0 Å². The van der Waals surface area contributed by atoms with Crippen molar-refractivity contribution in [3.05, 3.63) is 22.4 Å². The van der Waals surface area contributed by atoms with Crippen molar-refractivity contribution in [2.75, 3.05) is 33.4 Å². The predicted octanol–water partition coefficient (Wildman–Crippen LogP) is 2.29. The number of rotatable bonds is 5. The fraction of sp³-hybridized carbons (Fsp3) is 0.615. The van der Waals surface area contributed by atoms with Crippen LogP contribution in [0, 0.1) is 5.92 Å². The summed E-state index contributed by atoms with van der Waals surface area (Å²) < 4.78 is 5.20. The normalized spacial score (nSPS) is 21.6. The van der Waals surface area contributed by atoms with Gasteiger partial charge in [-0.05, 0) is 36.8 Å². The summed E-state index contributed by atoms with van der Waals surface area (Å²) in [5, 5.41) is 1.96. The van der Waals surface area contributed by atoms with Crippen LogP contribution in [0.3, 0.4) is 0 Å². The lowest BCUT2D eigenvalue weighted by atomic mass is 9.99. The Labute approximate surface area is 106 Å². The second kappa shape index (κ2) is 6.28. The van der Waals surface area contributed by atoms with Crippen molar-refractivity contribution < 1.29 is 9.53 Å². The SMILES string of the molecule is COCC1CCCN(CC(=O)c2cccs2)C1. The molecule has 0 N–H and O–H groups in total. The zero-order valence-electron chi connectivity index (χ0n) is 10.2. The number of ether oxygens (including phenoxy) is 1. The number of ketones is 1. The van der Waals surface area contributed by atoms with Gasteiger partial charge in [0.05, 0.1) is 18.0 Å². The topological polar surface area (TPSA) is 29.5 Å². The zero-order valence-corrected chi connectivity index (χ0v) is 11.0. The minimum absolute atomic E-state index is 0.248. The molecule has 2 heterocycles. The van der Waals surface area contributed by atoms with E-state index in [9.17, 15) is 4.79 Å². The molecule has 1 fully saturated rings. The highest BCUT2D eigenvalue weighted by molar-refractivity contribution is 7.12. The third kappa shape index (κ3) is 3.63. The number of Topliss-reactive ketones (excluding diaryl/α,β-unsaturated/α-hetero) is 1. The van der Waals surface area contributed by atoms with Crippen LogP contribution in [0.25, 0.3) is 0 Å². The number of methoxy groups -OCH3 is 1. The number of nitrogens with zero attached hydrogens (tertiary/aromatic N) is 1. The summed E-state index contributed by atoms with van der Waals surface area (Å²) in [6.45, 7) is 3.40. The monoisotopic (exact) mass is 253 g/mol. The van der Waals surface area contributed by atoms with Crippen LogP contribution in [-0.2, 0) is 4.74 Å². The van der Waals surface area contributed by atoms with Gasteiger partial charge in [-0.25, -0.2) is 0 Å². The molecule has 1 atom stereocenters. The lowest BCUT2D eigenvalue weighted by Gasteiger charge is -2.31. The van der Waals surface area contributed by atoms with E-state index in [0.29, 0.717) is 12.5 Å². The number of hydrogen-bond acceptors (Lipinski definition) is 4. The largest absolute Gasteiger partial charge is 0.384 e. The maximum Gasteiger partial charge on any atom is 0.186 e. The van der Waals surface area contributed by atoms with E-state index in [4.69, 9.17) is 4.74 Å². The molecule has 0 radical (unpaired) electrons. The molecule has 0 amide bonds. The Balaban J connectivity index is 1.84. The molecule has 1 aromatic rings. The first kappa shape index (κ1) is 12.7. The van der Waals surface area contributed by atoms with Crippen molar-refractivity contribution in [1.29, 1.82) is 0 Å². The lowest BCUT2D eigenvalue weighted by molar-refractivity contribution is 0.0760. The van der Waals surface area contributed by atoms with Crippen molar-refractivity contribution in [1.82, 2.24) is 4.90 Å². The van der Waals surface area contributed by atoms with Crippen LogP contribution in [0.4, 0.5) is 0 Å². The summed E-state index contributed by atoms with van der Waals surface area (Å²) in [6, 6.07) is 3.84. The highest BCUT2D eigenvalue weighted by Gasteiger charge is 2.22. The van der Waals surface area contributed by atoms with Gasteiger partial charge in [-0.1, -0.05) is 6.07 Å². The van der Waals surface area contributed by atoms with Gasteiger partial charge >= 0.3 is 0 Å². The van der Waals surface area contributed by atoms with Gasteiger partial charge in [0.1, 0.15) is 0 Å². The highest BCUT2D eigenvalue weighted by Crippen LogP contribution is 2.18. The summed E-state index contributed by atoms with van der Waals surface area (Å²) in [7, 11) is 1.75. The number of carbonyl (C=O) groups is 1. The van der Waals surface area contributed by atoms with E-state index >= 15 is 0 Å². The molecule has 4 heteroatoms. The Morgan fingerprint density at radius 3 is 3.24 bits per heavy atom. The zero-order chi connectivity index (χ0) is 12.1. The number of piperidine rings is 1. The van der Waals surface area contributed by atoms with Gasteiger partial charge in [0.2, 0.25) is 0 Å². The first-order valence-corrected chi connectivity index (χ1v) is 6.95. The van der Waals surface area contributed by atoms with Crippen LogP contribution in [0.5, 0.6) is 0 Å². The predicted molar refractivity (Wildman–Crippen MR) is 69.7 cm³/mol. The first-order chi connectivity index (χ1) is 8.29. The van der Waals surface area contributed by atoms with E-state index in [0.717, 1.165) is 24.6 Å². The summed E-state index contributed by atoms with van der Waals surface area (Å²) in [4.78, 5) is 15.1. The number of thiophene rings is 1. The third-order valence-electron chi connectivity index (χ3n) is 3.17. The quantitative estimate of drug-likeness (QED) is 0.754. The van der Waals surface area contributed by atoms with Crippen LogP contribution < -0.4 is 0 Å². The highest BCUT2D eigenvalue weighted by atomic mass is 32.1. The molecular weight excluding hydrogens is 234 g/mol. The van der Waals surface area contributed by atoms with E-state index in [1.807, 2.05) is 17.5 Å². The fourth-order valence-electron chi connectivity index (χ4n) is 2.38. The molecule has 0 saturated carbocycles. The molecule has 1 unspecified atom stereocenters. The molecule has 1 aliphatic rings. The molecular formula is C13H19NO2S. The standard InChI is InChI=1S/C13H19NO2S/c1-16-10-11-4-2-6-14(8-11)9-12(15)13-5-3-7-17-13/h3,5,7,11H,2,4,6,8-10H2,1H3. The van der Waals surface area contributed by atoms with E-state index in [1.54, 1.807) is 7.11 Å². The molecule has 0 aliphatic carbocycles. The van der Waals surface area contributed by atoms with Crippen molar-refractivity contribution in [3.8, 4) is 0 Å². The Bertz CT molecular complexity index is 348. The second-order valence-electron chi connectivity index (χ2n) is 4.60.